The van der Waals surface area contributed by atoms with Gasteiger partial charge in [-0.3, -0.25) is 19.2 Å². The molecule has 1 N–H and O–H groups in total. The van der Waals surface area contributed by atoms with E-state index in [1.165, 1.54) is 13.0 Å². The zero-order valence-electron chi connectivity index (χ0n) is 20.3. The summed E-state index contributed by atoms with van der Waals surface area (Å²) in [5.74, 6) is -6.28. The molecule has 1 rings (SSSR count). The number of carbonyl (C=O) groups excluding carboxylic acids is 6. The normalized spacial score (nSPS) is 20.5. The number of nitrogens with one attached hydrogen (secondary N) is 1. The van der Waals surface area contributed by atoms with Crippen LogP contribution < -0.4 is 5.32 Å². The van der Waals surface area contributed by atoms with Gasteiger partial charge in [0.2, 0.25) is 11.7 Å². The highest BCUT2D eigenvalue weighted by Gasteiger charge is 2.49. The standard InChI is InChI=1S/C22H29NO12/c1-10(21(28)30-6)15-8-16(22(29)31-7)35-20(18(15)23-11(2)24)19(34-14(5)27)17(33-13(4)26)9-32-12(3)25/h8,15,17-20H,1,9H2,2-7H3,(H,23,24)/t15-,17-,18-,19-,20-/m1/s1. The van der Waals surface area contributed by atoms with Crippen molar-refractivity contribution in [2.75, 3.05) is 20.8 Å². The molecule has 0 radical (unpaired) electrons. The smallest absolute Gasteiger partial charge is 0.373 e. The summed E-state index contributed by atoms with van der Waals surface area (Å²) < 4.78 is 30.7. The molecule has 0 aromatic heterocycles. The molecule has 5 atom stereocenters. The molecular formula is C22H29NO12. The van der Waals surface area contributed by atoms with Gasteiger partial charge in [0.15, 0.2) is 18.3 Å². The number of methoxy groups -OCH3 is 2. The highest BCUT2D eigenvalue weighted by atomic mass is 16.6. The van der Waals surface area contributed by atoms with E-state index in [-0.39, 0.29) is 5.57 Å². The Kier molecular flexibility index (Phi) is 10.9. The van der Waals surface area contributed by atoms with E-state index < -0.39 is 78.4 Å². The summed E-state index contributed by atoms with van der Waals surface area (Å²) in [5.41, 5.74) is -0.174. The topological polar surface area (TPSA) is 170 Å². The quantitative estimate of drug-likeness (QED) is 0.237. The van der Waals surface area contributed by atoms with Crippen molar-refractivity contribution in [1.29, 1.82) is 0 Å². The fourth-order valence-corrected chi connectivity index (χ4v) is 3.36. The Labute approximate surface area is 201 Å². The van der Waals surface area contributed by atoms with Gasteiger partial charge >= 0.3 is 29.8 Å². The minimum Gasteiger partial charge on any atom is -0.477 e. The fraction of sp³-hybridized carbons (Fsp3) is 0.545. The summed E-state index contributed by atoms with van der Waals surface area (Å²) in [5, 5.41) is 2.58. The van der Waals surface area contributed by atoms with Gasteiger partial charge in [0, 0.05) is 39.2 Å². The lowest BCUT2D eigenvalue weighted by Gasteiger charge is -2.42. The Balaban J connectivity index is 3.71. The van der Waals surface area contributed by atoms with Gasteiger partial charge in [0.05, 0.1) is 20.3 Å². The average Bonchev–Trinajstić information content (AvgIpc) is 2.78. The summed E-state index contributed by atoms with van der Waals surface area (Å²) in [7, 11) is 2.19. The molecular weight excluding hydrogens is 470 g/mol. The van der Waals surface area contributed by atoms with Crippen LogP contribution in [0.25, 0.3) is 0 Å². The predicted octanol–water partition coefficient (Wildman–Crippen LogP) is -0.281. The summed E-state index contributed by atoms with van der Waals surface area (Å²) in [6.45, 7) is 7.55. The molecule has 0 fully saturated rings. The van der Waals surface area contributed by atoms with Gasteiger partial charge in [-0.2, -0.15) is 0 Å². The molecule has 0 aromatic carbocycles. The summed E-state index contributed by atoms with van der Waals surface area (Å²) in [4.78, 5) is 71.8. The van der Waals surface area contributed by atoms with E-state index in [4.69, 9.17) is 28.4 Å². The maximum absolute atomic E-state index is 12.3. The van der Waals surface area contributed by atoms with Crippen molar-refractivity contribution < 1.29 is 57.2 Å². The first-order chi connectivity index (χ1) is 16.3. The van der Waals surface area contributed by atoms with Crippen molar-refractivity contribution in [2.45, 2.75) is 52.0 Å². The molecule has 1 amide bonds. The Morgan fingerprint density at radius 3 is 2.03 bits per heavy atom. The van der Waals surface area contributed by atoms with Crippen LogP contribution in [0.5, 0.6) is 0 Å². The van der Waals surface area contributed by atoms with Crippen LogP contribution in [-0.2, 0) is 57.2 Å². The molecule has 0 aliphatic carbocycles. The third kappa shape index (κ3) is 8.43. The molecule has 0 bridgehead atoms. The van der Waals surface area contributed by atoms with E-state index in [1.54, 1.807) is 0 Å². The molecule has 194 valence electrons. The van der Waals surface area contributed by atoms with Crippen molar-refractivity contribution in [3.8, 4) is 0 Å². The second kappa shape index (κ2) is 13.1. The molecule has 0 saturated carbocycles. The summed E-state index contributed by atoms with van der Waals surface area (Å²) in [6, 6.07) is -1.19. The molecule has 13 heteroatoms. The lowest BCUT2D eigenvalue weighted by molar-refractivity contribution is -0.188. The third-order valence-corrected chi connectivity index (χ3v) is 4.70. The van der Waals surface area contributed by atoms with Crippen LogP contribution in [0.15, 0.2) is 24.0 Å². The Morgan fingerprint density at radius 2 is 1.57 bits per heavy atom. The molecule has 1 heterocycles. The molecule has 0 unspecified atom stereocenters. The zero-order chi connectivity index (χ0) is 26.9. The molecule has 13 nitrogen and oxygen atoms in total. The number of esters is 5. The lowest BCUT2D eigenvalue weighted by atomic mass is 9.82. The van der Waals surface area contributed by atoms with Crippen molar-refractivity contribution in [2.24, 2.45) is 5.92 Å². The Morgan fingerprint density at radius 1 is 0.971 bits per heavy atom. The van der Waals surface area contributed by atoms with E-state index in [1.807, 2.05) is 0 Å². The van der Waals surface area contributed by atoms with E-state index in [2.05, 4.69) is 11.9 Å². The molecule has 0 saturated heterocycles. The highest BCUT2D eigenvalue weighted by molar-refractivity contribution is 5.91. The number of carbonyl (C=O) groups is 6. The van der Waals surface area contributed by atoms with Gasteiger partial charge < -0.3 is 33.7 Å². The fourth-order valence-electron chi connectivity index (χ4n) is 3.36. The molecule has 1 aliphatic rings. The lowest BCUT2D eigenvalue weighted by Crippen LogP contribution is -2.60. The average molecular weight is 499 g/mol. The number of rotatable bonds is 10. The van der Waals surface area contributed by atoms with Crippen molar-refractivity contribution in [3.63, 3.8) is 0 Å². The number of ether oxygens (including phenoxy) is 6. The van der Waals surface area contributed by atoms with Crippen LogP contribution >= 0.6 is 0 Å². The van der Waals surface area contributed by atoms with E-state index >= 15 is 0 Å². The number of amides is 1. The maximum atomic E-state index is 12.3. The van der Waals surface area contributed by atoms with Crippen molar-refractivity contribution >= 4 is 35.8 Å². The SMILES string of the molecule is C=C(C(=O)OC)[C@H]1C=C(C(=O)OC)O[C@@H]([C@H](OC(C)=O)[C@@H](COC(C)=O)OC(C)=O)[C@@H]1NC(C)=O. The van der Waals surface area contributed by atoms with E-state index in [0.29, 0.717) is 0 Å². The third-order valence-electron chi connectivity index (χ3n) is 4.70. The number of hydrogen-bond donors (Lipinski definition) is 1. The van der Waals surface area contributed by atoms with Crippen LogP contribution in [0.2, 0.25) is 0 Å². The van der Waals surface area contributed by atoms with Gasteiger partial charge in [-0.1, -0.05) is 6.58 Å². The second-order valence-corrected chi connectivity index (χ2v) is 7.40. The predicted molar refractivity (Wildman–Crippen MR) is 115 cm³/mol. The van der Waals surface area contributed by atoms with Crippen LogP contribution in [0.4, 0.5) is 0 Å². The van der Waals surface area contributed by atoms with Gasteiger partial charge in [-0.25, -0.2) is 9.59 Å². The molecule has 0 spiro atoms. The minimum absolute atomic E-state index is 0.174. The molecule has 35 heavy (non-hydrogen) atoms. The van der Waals surface area contributed by atoms with Crippen LogP contribution in [0.1, 0.15) is 27.7 Å². The van der Waals surface area contributed by atoms with E-state index in [0.717, 1.165) is 35.0 Å². The Hall–Kier alpha value is -3.90. The first-order valence-electron chi connectivity index (χ1n) is 10.3. The van der Waals surface area contributed by atoms with Gasteiger partial charge in [-0.05, 0) is 6.08 Å². The van der Waals surface area contributed by atoms with Crippen molar-refractivity contribution in [1.82, 2.24) is 5.32 Å². The molecule has 0 aromatic rings. The zero-order valence-corrected chi connectivity index (χ0v) is 20.3. The van der Waals surface area contributed by atoms with Gasteiger partial charge in [0.25, 0.3) is 0 Å². The van der Waals surface area contributed by atoms with Crippen LogP contribution in [0.3, 0.4) is 0 Å². The number of hydrogen-bond acceptors (Lipinski definition) is 12. The monoisotopic (exact) mass is 499 g/mol. The van der Waals surface area contributed by atoms with Gasteiger partial charge in [0.1, 0.15) is 6.61 Å². The van der Waals surface area contributed by atoms with Crippen LogP contribution in [-0.4, -0.2) is 80.9 Å². The second-order valence-electron chi connectivity index (χ2n) is 7.40. The first-order valence-corrected chi connectivity index (χ1v) is 10.3. The Bertz CT molecular complexity index is 908. The maximum Gasteiger partial charge on any atom is 0.373 e. The highest BCUT2D eigenvalue weighted by Crippen LogP contribution is 2.33. The minimum atomic E-state index is -1.53. The molecule has 1 aliphatic heterocycles. The largest absolute Gasteiger partial charge is 0.477 e. The first kappa shape index (κ1) is 29.1. The van der Waals surface area contributed by atoms with E-state index in [9.17, 15) is 28.8 Å². The van der Waals surface area contributed by atoms with Gasteiger partial charge in [-0.15, -0.1) is 0 Å². The van der Waals surface area contributed by atoms with Crippen molar-refractivity contribution in [3.05, 3.63) is 24.0 Å². The summed E-state index contributed by atoms with van der Waals surface area (Å²) >= 11 is 0. The summed E-state index contributed by atoms with van der Waals surface area (Å²) in [6.07, 6.45) is -3.22. The van der Waals surface area contributed by atoms with Crippen LogP contribution in [0, 0.1) is 5.92 Å².